The molecule has 1 amide bonds. The van der Waals surface area contributed by atoms with Crippen LogP contribution < -0.4 is 14.9 Å². The number of methoxy groups -OCH3 is 2. The molecule has 0 atom stereocenters. The minimum absolute atomic E-state index is 0.157. The van der Waals surface area contributed by atoms with E-state index in [0.717, 1.165) is 16.6 Å². The highest BCUT2D eigenvalue weighted by Gasteiger charge is 2.11. The molecule has 0 unspecified atom stereocenters. The molecule has 1 heterocycles. The fraction of sp³-hybridized carbons (Fsp3) is 0.167. The van der Waals surface area contributed by atoms with Gasteiger partial charge in [-0.3, -0.25) is 4.79 Å². The maximum atomic E-state index is 12.4. The predicted octanol–water partition coefficient (Wildman–Crippen LogP) is 4.35. The predicted molar refractivity (Wildman–Crippen MR) is 119 cm³/mol. The smallest absolute Gasteiger partial charge is 0.241 e. The van der Waals surface area contributed by atoms with Crippen molar-refractivity contribution >= 4 is 33.9 Å². The van der Waals surface area contributed by atoms with Crippen molar-refractivity contribution in [3.63, 3.8) is 0 Å². The number of hydrazone groups is 1. The second-order valence-electron chi connectivity index (χ2n) is 6.84. The van der Waals surface area contributed by atoms with Gasteiger partial charge < -0.3 is 14.0 Å². The van der Waals surface area contributed by atoms with E-state index in [1.165, 1.54) is 10.8 Å². The van der Waals surface area contributed by atoms with E-state index in [4.69, 9.17) is 9.47 Å². The molecule has 0 fully saturated rings. The summed E-state index contributed by atoms with van der Waals surface area (Å²) in [5.74, 6) is 1.18. The Hall–Kier alpha value is -3.80. The third-order valence-corrected chi connectivity index (χ3v) is 5.07. The van der Waals surface area contributed by atoms with Crippen LogP contribution in [0.3, 0.4) is 0 Å². The monoisotopic (exact) mass is 401 g/mol. The first kappa shape index (κ1) is 19.5. The van der Waals surface area contributed by atoms with Gasteiger partial charge in [-0.1, -0.05) is 36.4 Å². The van der Waals surface area contributed by atoms with Gasteiger partial charge in [0, 0.05) is 40.3 Å². The SMILES string of the molecule is COc1ccc(OC)c(/C=N\NC(=O)CCn2c3ccccc3c3ccccc32)c1. The zero-order valence-electron chi connectivity index (χ0n) is 17.0. The number of hydrogen-bond donors (Lipinski definition) is 1. The molecule has 6 heteroatoms. The van der Waals surface area contributed by atoms with Gasteiger partial charge in [-0.15, -0.1) is 0 Å². The van der Waals surface area contributed by atoms with Gasteiger partial charge in [-0.25, -0.2) is 5.43 Å². The molecule has 152 valence electrons. The fourth-order valence-corrected chi connectivity index (χ4v) is 3.63. The van der Waals surface area contributed by atoms with Crippen molar-refractivity contribution < 1.29 is 14.3 Å². The van der Waals surface area contributed by atoms with E-state index in [0.29, 0.717) is 24.5 Å². The van der Waals surface area contributed by atoms with Gasteiger partial charge in [0.2, 0.25) is 5.91 Å². The van der Waals surface area contributed by atoms with Crippen LogP contribution in [-0.2, 0) is 11.3 Å². The van der Waals surface area contributed by atoms with E-state index in [1.807, 2.05) is 24.3 Å². The number of para-hydroxylation sites is 2. The molecule has 0 radical (unpaired) electrons. The van der Waals surface area contributed by atoms with Crippen molar-refractivity contribution in [1.82, 2.24) is 9.99 Å². The van der Waals surface area contributed by atoms with Gasteiger partial charge in [0.1, 0.15) is 11.5 Å². The van der Waals surface area contributed by atoms with Gasteiger partial charge in [0.25, 0.3) is 0 Å². The number of carbonyl (C=O) groups is 1. The molecule has 4 aromatic rings. The summed E-state index contributed by atoms with van der Waals surface area (Å²) in [5, 5.41) is 6.46. The number of rotatable bonds is 7. The standard InChI is InChI=1S/C24H23N3O3/c1-29-18-11-12-23(30-2)17(15-18)16-25-26-24(28)13-14-27-21-9-5-3-7-19(21)20-8-4-6-10-22(20)27/h3-12,15-16H,13-14H2,1-2H3,(H,26,28)/b25-16-. The lowest BCUT2D eigenvalue weighted by atomic mass is 10.2. The number of aryl methyl sites for hydroxylation is 1. The summed E-state index contributed by atoms with van der Waals surface area (Å²) in [6.07, 6.45) is 1.87. The highest BCUT2D eigenvalue weighted by atomic mass is 16.5. The van der Waals surface area contributed by atoms with Gasteiger partial charge in [-0.05, 0) is 30.3 Å². The van der Waals surface area contributed by atoms with Crippen molar-refractivity contribution in [1.29, 1.82) is 0 Å². The quantitative estimate of drug-likeness (QED) is 0.370. The number of aromatic nitrogens is 1. The Balaban J connectivity index is 1.47. The topological polar surface area (TPSA) is 64.8 Å². The Morgan fingerprint density at radius 2 is 1.63 bits per heavy atom. The normalized spacial score (nSPS) is 11.3. The molecule has 6 nitrogen and oxygen atoms in total. The fourth-order valence-electron chi connectivity index (χ4n) is 3.63. The molecule has 0 spiro atoms. The van der Waals surface area contributed by atoms with Crippen molar-refractivity contribution in [3.05, 3.63) is 72.3 Å². The lowest BCUT2D eigenvalue weighted by Gasteiger charge is -2.08. The number of amides is 1. The number of fused-ring (bicyclic) bond motifs is 3. The van der Waals surface area contributed by atoms with Crippen molar-refractivity contribution in [2.75, 3.05) is 14.2 Å². The van der Waals surface area contributed by atoms with E-state index >= 15 is 0 Å². The van der Waals surface area contributed by atoms with Crippen LogP contribution in [0.4, 0.5) is 0 Å². The Labute approximate surface area is 174 Å². The first-order valence-corrected chi connectivity index (χ1v) is 9.71. The van der Waals surface area contributed by atoms with Crippen LogP contribution >= 0.6 is 0 Å². The van der Waals surface area contributed by atoms with E-state index in [-0.39, 0.29) is 5.91 Å². The molecule has 0 aliphatic carbocycles. The molecule has 0 bridgehead atoms. The summed E-state index contributed by atoms with van der Waals surface area (Å²) in [6, 6.07) is 21.9. The molecule has 0 saturated heterocycles. The summed E-state index contributed by atoms with van der Waals surface area (Å²) in [5.41, 5.74) is 5.56. The first-order valence-electron chi connectivity index (χ1n) is 9.71. The lowest BCUT2D eigenvalue weighted by molar-refractivity contribution is -0.121. The highest BCUT2D eigenvalue weighted by Crippen LogP contribution is 2.28. The minimum atomic E-state index is -0.157. The van der Waals surface area contributed by atoms with E-state index < -0.39 is 0 Å². The summed E-state index contributed by atoms with van der Waals surface area (Å²) < 4.78 is 12.7. The molecule has 30 heavy (non-hydrogen) atoms. The van der Waals surface area contributed by atoms with E-state index in [2.05, 4.69) is 39.4 Å². The molecular weight excluding hydrogens is 378 g/mol. The first-order chi connectivity index (χ1) is 14.7. The van der Waals surface area contributed by atoms with Crippen LogP contribution in [0.5, 0.6) is 11.5 Å². The molecule has 1 aromatic heterocycles. The average Bonchev–Trinajstić information content (AvgIpc) is 3.11. The molecule has 1 N–H and O–H groups in total. The lowest BCUT2D eigenvalue weighted by Crippen LogP contribution is -2.19. The third-order valence-electron chi connectivity index (χ3n) is 5.07. The second kappa shape index (κ2) is 8.69. The van der Waals surface area contributed by atoms with Gasteiger partial charge in [-0.2, -0.15) is 5.10 Å². The summed E-state index contributed by atoms with van der Waals surface area (Å²) in [6.45, 7) is 0.567. The largest absolute Gasteiger partial charge is 0.497 e. The van der Waals surface area contributed by atoms with Crippen LogP contribution in [0.2, 0.25) is 0 Å². The highest BCUT2D eigenvalue weighted by molar-refractivity contribution is 6.08. The van der Waals surface area contributed by atoms with Crippen molar-refractivity contribution in [2.45, 2.75) is 13.0 Å². The van der Waals surface area contributed by atoms with E-state index in [9.17, 15) is 4.79 Å². The third kappa shape index (κ3) is 3.85. The number of ether oxygens (including phenoxy) is 2. The Kier molecular flexibility index (Phi) is 5.66. The summed E-state index contributed by atoms with van der Waals surface area (Å²) in [7, 11) is 3.18. The Morgan fingerprint density at radius 3 is 2.27 bits per heavy atom. The number of nitrogens with zero attached hydrogens (tertiary/aromatic N) is 2. The van der Waals surface area contributed by atoms with Crippen molar-refractivity contribution in [3.8, 4) is 11.5 Å². The van der Waals surface area contributed by atoms with Crippen LogP contribution in [-0.4, -0.2) is 30.9 Å². The number of benzene rings is 3. The number of carbonyl (C=O) groups excluding carboxylic acids is 1. The zero-order valence-corrected chi connectivity index (χ0v) is 17.0. The molecule has 0 aliphatic heterocycles. The van der Waals surface area contributed by atoms with Gasteiger partial charge >= 0.3 is 0 Å². The van der Waals surface area contributed by atoms with Crippen LogP contribution in [0.15, 0.2) is 71.8 Å². The molecule has 3 aromatic carbocycles. The number of nitrogens with one attached hydrogen (secondary N) is 1. The van der Waals surface area contributed by atoms with Crippen LogP contribution in [0.25, 0.3) is 21.8 Å². The molecule has 4 rings (SSSR count). The van der Waals surface area contributed by atoms with Gasteiger partial charge in [0.15, 0.2) is 0 Å². The Morgan fingerprint density at radius 1 is 0.967 bits per heavy atom. The Bertz CT molecular complexity index is 1170. The molecule has 0 saturated carbocycles. The van der Waals surface area contributed by atoms with E-state index in [1.54, 1.807) is 38.6 Å². The maximum Gasteiger partial charge on any atom is 0.241 e. The second-order valence-corrected chi connectivity index (χ2v) is 6.84. The maximum absolute atomic E-state index is 12.4. The molecule has 0 aliphatic rings. The number of hydrogen-bond acceptors (Lipinski definition) is 4. The minimum Gasteiger partial charge on any atom is -0.497 e. The summed E-state index contributed by atoms with van der Waals surface area (Å²) in [4.78, 5) is 12.4. The molecular formula is C24H23N3O3. The van der Waals surface area contributed by atoms with Crippen LogP contribution in [0, 0.1) is 0 Å². The summed E-state index contributed by atoms with van der Waals surface area (Å²) >= 11 is 0. The van der Waals surface area contributed by atoms with Gasteiger partial charge in [0.05, 0.1) is 20.4 Å². The van der Waals surface area contributed by atoms with Crippen molar-refractivity contribution in [2.24, 2.45) is 5.10 Å². The average molecular weight is 401 g/mol. The van der Waals surface area contributed by atoms with Crippen LogP contribution in [0.1, 0.15) is 12.0 Å². The zero-order chi connectivity index (χ0) is 20.9.